The van der Waals surface area contributed by atoms with Gasteiger partial charge in [0.2, 0.25) is 0 Å². The Morgan fingerprint density at radius 2 is 2.26 bits per heavy atom. The van der Waals surface area contributed by atoms with Crippen molar-refractivity contribution in [2.45, 2.75) is 13.0 Å². The summed E-state index contributed by atoms with van der Waals surface area (Å²) in [6.07, 6.45) is 0.228. The zero-order valence-electron chi connectivity index (χ0n) is 10.6. The van der Waals surface area contributed by atoms with Crippen LogP contribution in [-0.4, -0.2) is 25.1 Å². The van der Waals surface area contributed by atoms with E-state index in [1.165, 1.54) is 23.3 Å². The summed E-state index contributed by atoms with van der Waals surface area (Å²) in [6, 6.07) is 2.10. The lowest BCUT2D eigenvalue weighted by Crippen LogP contribution is -2.15. The number of methoxy groups -OCH3 is 1. The highest BCUT2D eigenvalue weighted by molar-refractivity contribution is 9.10. The maximum Gasteiger partial charge on any atom is 0.311 e. The molecule has 0 N–H and O–H groups in total. The summed E-state index contributed by atoms with van der Waals surface area (Å²) in [5, 5.41) is 4.87. The molecule has 0 aliphatic heterocycles. The van der Waals surface area contributed by atoms with E-state index in [9.17, 15) is 4.79 Å². The minimum atomic E-state index is -0.262. The van der Waals surface area contributed by atoms with Crippen LogP contribution in [0.25, 0.3) is 0 Å². The van der Waals surface area contributed by atoms with E-state index in [0.29, 0.717) is 0 Å². The first-order valence-corrected chi connectivity index (χ1v) is 8.09. The Hall–Kier alpha value is -0.920. The van der Waals surface area contributed by atoms with Crippen LogP contribution in [0.5, 0.6) is 0 Å². The van der Waals surface area contributed by atoms with Gasteiger partial charge in [-0.2, -0.15) is 0 Å². The second kappa shape index (κ2) is 6.49. The van der Waals surface area contributed by atoms with Gasteiger partial charge in [-0.1, -0.05) is 0 Å². The Balaban J connectivity index is 1.99. The number of rotatable bonds is 5. The molecule has 0 aliphatic rings. The van der Waals surface area contributed by atoms with Gasteiger partial charge in [0.25, 0.3) is 0 Å². The van der Waals surface area contributed by atoms with Gasteiger partial charge in [0.1, 0.15) is 0 Å². The summed E-state index contributed by atoms with van der Waals surface area (Å²) in [5.74, 6) is -0.262. The number of esters is 1. The smallest absolute Gasteiger partial charge is 0.311 e. The summed E-state index contributed by atoms with van der Waals surface area (Å²) in [4.78, 5) is 19.0. The molecular weight excluding hydrogens is 348 g/mol. The summed E-state index contributed by atoms with van der Waals surface area (Å²) in [7, 11) is 3.38. The number of thiazole rings is 1. The van der Waals surface area contributed by atoms with Gasteiger partial charge >= 0.3 is 5.97 Å². The van der Waals surface area contributed by atoms with Crippen molar-refractivity contribution in [2.75, 3.05) is 19.1 Å². The van der Waals surface area contributed by atoms with Gasteiger partial charge in [0, 0.05) is 27.2 Å². The van der Waals surface area contributed by atoms with Crippen molar-refractivity contribution in [3.05, 3.63) is 31.9 Å². The predicted molar refractivity (Wildman–Crippen MR) is 82.0 cm³/mol. The fraction of sp³-hybridized carbons (Fsp3) is 0.333. The van der Waals surface area contributed by atoms with Gasteiger partial charge < -0.3 is 9.64 Å². The molecule has 0 aromatic carbocycles. The van der Waals surface area contributed by atoms with Crippen molar-refractivity contribution in [2.24, 2.45) is 0 Å². The molecule has 0 unspecified atom stereocenters. The molecule has 0 fully saturated rings. The van der Waals surface area contributed by atoms with Crippen LogP contribution >= 0.6 is 38.6 Å². The van der Waals surface area contributed by atoms with Crippen LogP contribution in [0, 0.1) is 0 Å². The molecule has 2 aromatic rings. The number of ether oxygens (including phenoxy) is 1. The first kappa shape index (κ1) is 14.5. The molecule has 0 atom stereocenters. The fourth-order valence-electron chi connectivity index (χ4n) is 1.51. The number of hydrogen-bond donors (Lipinski definition) is 0. The van der Waals surface area contributed by atoms with Gasteiger partial charge in [-0.05, 0) is 22.0 Å². The Kier molecular flexibility index (Phi) is 4.95. The highest BCUT2D eigenvalue weighted by atomic mass is 79.9. The molecule has 102 valence electrons. The summed E-state index contributed by atoms with van der Waals surface area (Å²) < 4.78 is 5.73. The number of anilines is 1. The predicted octanol–water partition coefficient (Wildman–Crippen LogP) is 3.32. The third-order valence-corrected chi connectivity index (χ3v) is 5.12. The van der Waals surface area contributed by atoms with E-state index in [4.69, 9.17) is 0 Å². The van der Waals surface area contributed by atoms with Crippen LogP contribution in [0.2, 0.25) is 0 Å². The number of thiophene rings is 1. The molecular formula is C12H13BrN2O2S2. The average Bonchev–Trinajstić information content (AvgIpc) is 2.98. The topological polar surface area (TPSA) is 42.4 Å². The zero-order valence-corrected chi connectivity index (χ0v) is 13.8. The number of halogens is 1. The second-order valence-electron chi connectivity index (χ2n) is 3.96. The molecule has 4 nitrogen and oxygen atoms in total. The van der Waals surface area contributed by atoms with Gasteiger partial charge in [-0.3, -0.25) is 4.79 Å². The maximum absolute atomic E-state index is 11.2. The highest BCUT2D eigenvalue weighted by Gasteiger charge is 2.11. The van der Waals surface area contributed by atoms with Crippen LogP contribution in [-0.2, 0) is 22.5 Å². The number of carbonyl (C=O) groups excluding carboxylic acids is 1. The van der Waals surface area contributed by atoms with Crippen molar-refractivity contribution in [3.8, 4) is 0 Å². The maximum atomic E-state index is 11.2. The van der Waals surface area contributed by atoms with Gasteiger partial charge in [-0.15, -0.1) is 22.7 Å². The first-order valence-electron chi connectivity index (χ1n) is 5.53. The molecule has 0 bridgehead atoms. The van der Waals surface area contributed by atoms with E-state index in [2.05, 4.69) is 42.0 Å². The molecule has 0 saturated carbocycles. The first-order chi connectivity index (χ1) is 9.08. The van der Waals surface area contributed by atoms with E-state index < -0.39 is 0 Å². The number of hydrogen-bond acceptors (Lipinski definition) is 6. The van der Waals surface area contributed by atoms with Crippen molar-refractivity contribution in [1.82, 2.24) is 4.98 Å². The van der Waals surface area contributed by atoms with Gasteiger partial charge in [0.05, 0.1) is 25.8 Å². The monoisotopic (exact) mass is 360 g/mol. The molecule has 0 radical (unpaired) electrons. The molecule has 7 heteroatoms. The average molecular weight is 361 g/mol. The quantitative estimate of drug-likeness (QED) is 0.767. The Labute approximate surface area is 128 Å². The van der Waals surface area contributed by atoms with Crippen molar-refractivity contribution < 1.29 is 9.53 Å². The van der Waals surface area contributed by atoms with Crippen LogP contribution in [0.3, 0.4) is 0 Å². The van der Waals surface area contributed by atoms with E-state index >= 15 is 0 Å². The van der Waals surface area contributed by atoms with E-state index in [0.717, 1.165) is 21.8 Å². The zero-order chi connectivity index (χ0) is 13.8. The molecule has 19 heavy (non-hydrogen) atoms. The molecule has 0 saturated heterocycles. The minimum Gasteiger partial charge on any atom is -0.469 e. The molecule has 2 heterocycles. The highest BCUT2D eigenvalue weighted by Crippen LogP contribution is 2.25. The lowest BCUT2D eigenvalue weighted by Gasteiger charge is -2.14. The molecule has 2 aromatic heterocycles. The number of nitrogens with zero attached hydrogens (tertiary/aromatic N) is 2. The van der Waals surface area contributed by atoms with Gasteiger partial charge in [-0.25, -0.2) is 4.98 Å². The lowest BCUT2D eigenvalue weighted by molar-refractivity contribution is -0.139. The Bertz CT molecular complexity index is 568. The van der Waals surface area contributed by atoms with Crippen LogP contribution < -0.4 is 4.90 Å². The third kappa shape index (κ3) is 4.02. The standard InChI is InChI=1S/C12H13BrN2O2S2/c1-15(5-10-3-8(13)6-18-10)12-14-9(7-19-12)4-11(16)17-2/h3,6-7H,4-5H2,1-2H3. The summed E-state index contributed by atoms with van der Waals surface area (Å²) >= 11 is 6.69. The molecule has 0 amide bonds. The van der Waals surface area contributed by atoms with E-state index in [-0.39, 0.29) is 12.4 Å². The molecule has 0 aliphatic carbocycles. The Morgan fingerprint density at radius 1 is 1.47 bits per heavy atom. The van der Waals surface area contributed by atoms with Crippen molar-refractivity contribution in [3.63, 3.8) is 0 Å². The molecule has 0 spiro atoms. The summed E-state index contributed by atoms with van der Waals surface area (Å²) in [6.45, 7) is 0.807. The summed E-state index contributed by atoms with van der Waals surface area (Å²) in [5.41, 5.74) is 0.756. The largest absolute Gasteiger partial charge is 0.469 e. The van der Waals surface area contributed by atoms with Crippen molar-refractivity contribution in [1.29, 1.82) is 0 Å². The van der Waals surface area contributed by atoms with Crippen molar-refractivity contribution >= 4 is 49.7 Å². The normalized spacial score (nSPS) is 10.5. The van der Waals surface area contributed by atoms with Crippen LogP contribution in [0.4, 0.5) is 5.13 Å². The SMILES string of the molecule is COC(=O)Cc1csc(N(C)Cc2cc(Br)cs2)n1. The number of aromatic nitrogens is 1. The van der Waals surface area contributed by atoms with Crippen LogP contribution in [0.15, 0.2) is 21.3 Å². The van der Waals surface area contributed by atoms with E-state index in [1.807, 2.05) is 12.4 Å². The van der Waals surface area contributed by atoms with E-state index in [1.54, 1.807) is 11.3 Å². The van der Waals surface area contributed by atoms with Gasteiger partial charge in [0.15, 0.2) is 5.13 Å². The minimum absolute atomic E-state index is 0.228. The third-order valence-electron chi connectivity index (χ3n) is 2.43. The fourth-order valence-corrected chi connectivity index (χ4v) is 3.81. The second-order valence-corrected chi connectivity index (χ2v) is 6.71. The van der Waals surface area contributed by atoms with Crippen LogP contribution in [0.1, 0.15) is 10.6 Å². The molecule has 2 rings (SSSR count). The lowest BCUT2D eigenvalue weighted by atomic mass is 10.3. The number of carbonyl (C=O) groups is 1. The Morgan fingerprint density at radius 3 is 2.89 bits per heavy atom.